The third kappa shape index (κ3) is 3.97. The summed E-state index contributed by atoms with van der Waals surface area (Å²) in [7, 11) is 0. The highest BCUT2D eigenvalue weighted by Gasteiger charge is 2.10. The smallest absolute Gasteiger partial charge is 0.314 e. The van der Waals surface area contributed by atoms with Crippen LogP contribution in [0.5, 0.6) is 0 Å². The molecule has 2 aromatic heterocycles. The molecule has 0 aliphatic heterocycles. The van der Waals surface area contributed by atoms with Gasteiger partial charge in [-0.15, -0.1) is 0 Å². The van der Waals surface area contributed by atoms with Gasteiger partial charge in [-0.05, 0) is 37.0 Å². The number of hydrogen-bond acceptors (Lipinski definition) is 2. The highest BCUT2D eigenvalue weighted by atomic mass is 16.2. The number of fused-ring (bicyclic) bond motifs is 1. The van der Waals surface area contributed by atoms with Gasteiger partial charge in [0, 0.05) is 37.4 Å². The van der Waals surface area contributed by atoms with Crippen molar-refractivity contribution in [1.29, 1.82) is 0 Å². The van der Waals surface area contributed by atoms with Crippen molar-refractivity contribution in [3.8, 4) is 0 Å². The van der Waals surface area contributed by atoms with Crippen molar-refractivity contribution in [3.05, 3.63) is 30.1 Å². The number of carbonyl (C=O) groups is 1. The van der Waals surface area contributed by atoms with Crippen molar-refractivity contribution in [1.82, 2.24) is 20.2 Å². The van der Waals surface area contributed by atoms with Gasteiger partial charge in [0.25, 0.3) is 0 Å². The number of amides is 2. The van der Waals surface area contributed by atoms with Gasteiger partial charge < -0.3 is 15.2 Å². The predicted molar refractivity (Wildman–Crippen MR) is 85.4 cm³/mol. The Balaban J connectivity index is 2.10. The lowest BCUT2D eigenvalue weighted by Crippen LogP contribution is -2.36. The van der Waals surface area contributed by atoms with Gasteiger partial charge in [0.15, 0.2) is 0 Å². The van der Waals surface area contributed by atoms with E-state index >= 15 is 0 Å². The van der Waals surface area contributed by atoms with Crippen LogP contribution in [-0.4, -0.2) is 28.7 Å². The number of nitrogens with zero attached hydrogens (tertiary/aromatic N) is 2. The summed E-state index contributed by atoms with van der Waals surface area (Å²) in [6, 6.07) is 3.95. The first kappa shape index (κ1) is 15.4. The standard InChI is InChI=1S/C16H24N4O/c1-4-17-16(21)19-9-7-13-11-20(10-12(2)3)15-14(13)6-5-8-18-15/h5-6,8,11-12H,4,7,9-10H2,1-3H3,(H2,17,19,21). The van der Waals surface area contributed by atoms with E-state index in [4.69, 9.17) is 0 Å². The molecule has 0 aliphatic carbocycles. The first-order chi connectivity index (χ1) is 10.1. The molecular formula is C16H24N4O. The topological polar surface area (TPSA) is 59.0 Å². The van der Waals surface area contributed by atoms with Gasteiger partial charge >= 0.3 is 6.03 Å². The van der Waals surface area contributed by atoms with Crippen molar-refractivity contribution < 1.29 is 4.79 Å². The van der Waals surface area contributed by atoms with E-state index in [2.05, 4.69) is 46.3 Å². The summed E-state index contributed by atoms with van der Waals surface area (Å²) < 4.78 is 2.21. The van der Waals surface area contributed by atoms with Crippen molar-refractivity contribution in [2.24, 2.45) is 5.92 Å². The first-order valence-corrected chi connectivity index (χ1v) is 7.56. The fourth-order valence-electron chi connectivity index (χ4n) is 2.46. The lowest BCUT2D eigenvalue weighted by Gasteiger charge is -2.06. The summed E-state index contributed by atoms with van der Waals surface area (Å²) in [6.45, 7) is 8.53. The molecule has 0 bridgehead atoms. The molecule has 0 saturated heterocycles. The van der Waals surface area contributed by atoms with Crippen LogP contribution in [0, 0.1) is 5.92 Å². The SMILES string of the molecule is CCNC(=O)NCCc1cn(CC(C)C)c2ncccc12. The molecule has 5 heteroatoms. The molecule has 0 saturated carbocycles. The number of carbonyl (C=O) groups excluding carboxylic acids is 1. The molecular weight excluding hydrogens is 264 g/mol. The third-order valence-corrected chi connectivity index (χ3v) is 3.30. The van der Waals surface area contributed by atoms with Gasteiger partial charge in [-0.3, -0.25) is 0 Å². The van der Waals surface area contributed by atoms with Gasteiger partial charge in [0.2, 0.25) is 0 Å². The predicted octanol–water partition coefficient (Wildman–Crippen LogP) is 2.55. The zero-order valence-corrected chi connectivity index (χ0v) is 13.0. The van der Waals surface area contributed by atoms with Crippen LogP contribution in [0.2, 0.25) is 0 Å². The van der Waals surface area contributed by atoms with Crippen molar-refractivity contribution in [2.45, 2.75) is 33.7 Å². The maximum Gasteiger partial charge on any atom is 0.314 e. The van der Waals surface area contributed by atoms with Gasteiger partial charge in [-0.25, -0.2) is 9.78 Å². The highest BCUT2D eigenvalue weighted by molar-refractivity contribution is 5.80. The third-order valence-electron chi connectivity index (χ3n) is 3.30. The Morgan fingerprint density at radius 3 is 2.90 bits per heavy atom. The zero-order chi connectivity index (χ0) is 15.2. The maximum absolute atomic E-state index is 11.4. The number of aromatic nitrogens is 2. The molecule has 114 valence electrons. The van der Waals surface area contributed by atoms with E-state index in [0.29, 0.717) is 19.0 Å². The summed E-state index contributed by atoms with van der Waals surface area (Å²) in [5, 5.41) is 6.78. The minimum absolute atomic E-state index is 0.110. The molecule has 21 heavy (non-hydrogen) atoms. The van der Waals surface area contributed by atoms with Crippen molar-refractivity contribution in [2.75, 3.05) is 13.1 Å². The summed E-state index contributed by atoms with van der Waals surface area (Å²) in [5.41, 5.74) is 2.26. The van der Waals surface area contributed by atoms with Gasteiger partial charge in [-0.1, -0.05) is 13.8 Å². The molecule has 2 aromatic rings. The van der Waals surface area contributed by atoms with E-state index in [9.17, 15) is 4.79 Å². The molecule has 0 aromatic carbocycles. The Labute approximate surface area is 125 Å². The molecule has 0 spiro atoms. The Bertz CT molecular complexity index is 603. The van der Waals surface area contributed by atoms with Gasteiger partial charge in [0.05, 0.1) is 0 Å². The fourth-order valence-corrected chi connectivity index (χ4v) is 2.46. The molecule has 2 rings (SSSR count). The first-order valence-electron chi connectivity index (χ1n) is 7.56. The highest BCUT2D eigenvalue weighted by Crippen LogP contribution is 2.20. The Hall–Kier alpha value is -2.04. The summed E-state index contributed by atoms with van der Waals surface area (Å²) in [4.78, 5) is 15.9. The molecule has 0 fully saturated rings. The van der Waals surface area contributed by atoms with Crippen LogP contribution >= 0.6 is 0 Å². The second kappa shape index (κ2) is 7.11. The number of rotatable bonds is 6. The molecule has 2 heterocycles. The van der Waals surface area contributed by atoms with E-state index in [1.807, 2.05) is 19.2 Å². The van der Waals surface area contributed by atoms with Crippen LogP contribution in [-0.2, 0) is 13.0 Å². The number of pyridine rings is 1. The molecule has 2 amide bonds. The van der Waals surface area contributed by atoms with Crippen molar-refractivity contribution in [3.63, 3.8) is 0 Å². The summed E-state index contributed by atoms with van der Waals surface area (Å²) in [5.74, 6) is 0.573. The molecule has 0 unspecified atom stereocenters. The van der Waals surface area contributed by atoms with Gasteiger partial charge in [-0.2, -0.15) is 0 Å². The Morgan fingerprint density at radius 2 is 2.19 bits per heavy atom. The number of urea groups is 1. The van der Waals surface area contributed by atoms with Crippen LogP contribution in [0.4, 0.5) is 4.79 Å². The van der Waals surface area contributed by atoms with Crippen LogP contribution in [0.1, 0.15) is 26.3 Å². The van der Waals surface area contributed by atoms with Gasteiger partial charge in [0.1, 0.15) is 5.65 Å². The average molecular weight is 288 g/mol. The maximum atomic E-state index is 11.4. The van der Waals surface area contributed by atoms with Crippen LogP contribution in [0.15, 0.2) is 24.5 Å². The number of nitrogens with one attached hydrogen (secondary N) is 2. The summed E-state index contributed by atoms with van der Waals surface area (Å²) in [6.07, 6.45) is 4.80. The monoisotopic (exact) mass is 288 g/mol. The van der Waals surface area contributed by atoms with E-state index in [1.165, 1.54) is 10.9 Å². The molecule has 0 atom stereocenters. The number of hydrogen-bond donors (Lipinski definition) is 2. The zero-order valence-electron chi connectivity index (χ0n) is 13.0. The lowest BCUT2D eigenvalue weighted by atomic mass is 10.1. The normalized spacial score (nSPS) is 11.0. The summed E-state index contributed by atoms with van der Waals surface area (Å²) >= 11 is 0. The Morgan fingerprint density at radius 1 is 1.38 bits per heavy atom. The van der Waals surface area contributed by atoms with E-state index in [1.54, 1.807) is 0 Å². The van der Waals surface area contributed by atoms with Crippen LogP contribution in [0.25, 0.3) is 11.0 Å². The minimum atomic E-state index is -0.110. The minimum Gasteiger partial charge on any atom is -0.338 e. The van der Waals surface area contributed by atoms with Crippen LogP contribution < -0.4 is 10.6 Å². The molecule has 5 nitrogen and oxygen atoms in total. The van der Waals surface area contributed by atoms with E-state index < -0.39 is 0 Å². The molecule has 0 aliphatic rings. The Kier molecular flexibility index (Phi) is 5.20. The molecule has 0 radical (unpaired) electrons. The second-order valence-electron chi connectivity index (χ2n) is 5.61. The largest absolute Gasteiger partial charge is 0.338 e. The lowest BCUT2D eigenvalue weighted by molar-refractivity contribution is 0.241. The van der Waals surface area contributed by atoms with E-state index in [0.717, 1.165) is 18.6 Å². The van der Waals surface area contributed by atoms with Crippen molar-refractivity contribution >= 4 is 17.1 Å². The van der Waals surface area contributed by atoms with E-state index in [-0.39, 0.29) is 6.03 Å². The quantitative estimate of drug-likeness (QED) is 0.858. The molecule has 2 N–H and O–H groups in total. The average Bonchev–Trinajstić information content (AvgIpc) is 2.77. The van der Waals surface area contributed by atoms with Crippen LogP contribution in [0.3, 0.4) is 0 Å². The second-order valence-corrected chi connectivity index (χ2v) is 5.61. The fraction of sp³-hybridized carbons (Fsp3) is 0.500.